The van der Waals surface area contributed by atoms with Gasteiger partial charge in [-0.25, -0.2) is 4.98 Å². The van der Waals surface area contributed by atoms with Crippen LogP contribution in [0.2, 0.25) is 0 Å². The van der Waals surface area contributed by atoms with Gasteiger partial charge in [-0.1, -0.05) is 103 Å². The highest BCUT2D eigenvalue weighted by atomic mass is 16.3. The van der Waals surface area contributed by atoms with Crippen LogP contribution >= 0.6 is 0 Å². The van der Waals surface area contributed by atoms with Crippen LogP contribution in [0.25, 0.3) is 83.6 Å². The summed E-state index contributed by atoms with van der Waals surface area (Å²) in [6.45, 7) is 0. The topological polar surface area (TPSA) is 43.9 Å². The summed E-state index contributed by atoms with van der Waals surface area (Å²) < 4.78 is 8.51. The van der Waals surface area contributed by atoms with Crippen molar-refractivity contribution < 1.29 is 4.42 Å². The predicted octanol–water partition coefficient (Wildman–Crippen LogP) is 11.0. The van der Waals surface area contributed by atoms with Gasteiger partial charge in [0.15, 0.2) is 5.58 Å². The van der Waals surface area contributed by atoms with Crippen LogP contribution in [0.1, 0.15) is 0 Å². The molecule has 0 aliphatic heterocycles. The van der Waals surface area contributed by atoms with Gasteiger partial charge in [-0.3, -0.25) is 4.98 Å². The quantitative estimate of drug-likeness (QED) is 0.201. The van der Waals surface area contributed by atoms with Crippen LogP contribution < -0.4 is 0 Å². The van der Waals surface area contributed by atoms with Crippen molar-refractivity contribution in [1.82, 2.24) is 14.5 Å². The Labute approximate surface area is 265 Å². The zero-order valence-corrected chi connectivity index (χ0v) is 24.8. The maximum atomic E-state index is 6.17. The number of oxazole rings is 1. The minimum atomic E-state index is 0.614. The highest BCUT2D eigenvalue weighted by Gasteiger charge is 2.17. The second-order valence-electron chi connectivity index (χ2n) is 11.5. The van der Waals surface area contributed by atoms with E-state index in [9.17, 15) is 0 Å². The van der Waals surface area contributed by atoms with E-state index < -0.39 is 0 Å². The standard InChI is InChI=1S/C42H27N3O/c1-2-10-28(11-3-1)29-17-19-30(20-18-29)33-24-22-32(27-36(33)37-13-8-9-25-43-37)45-39-15-6-4-12-34(39)35-23-21-31(26-40(35)45)42-44-38-14-5-7-16-41(38)46-42/h1-27H. The molecule has 0 aliphatic carbocycles. The van der Waals surface area contributed by atoms with E-state index >= 15 is 0 Å². The highest BCUT2D eigenvalue weighted by Crippen LogP contribution is 2.39. The van der Waals surface area contributed by atoms with Crippen LogP contribution in [0.15, 0.2) is 168 Å². The van der Waals surface area contributed by atoms with Crippen LogP contribution in [0.3, 0.4) is 0 Å². The Bertz CT molecular complexity index is 2480. The Kier molecular flexibility index (Phi) is 6.10. The lowest BCUT2D eigenvalue weighted by Crippen LogP contribution is -1.97. The Morgan fingerprint density at radius 1 is 0.478 bits per heavy atom. The lowest BCUT2D eigenvalue weighted by molar-refractivity contribution is 0.620. The zero-order valence-electron chi connectivity index (χ0n) is 24.8. The first-order valence-electron chi connectivity index (χ1n) is 15.4. The van der Waals surface area contributed by atoms with Crippen LogP contribution in [0.4, 0.5) is 0 Å². The Morgan fingerprint density at radius 2 is 1.20 bits per heavy atom. The molecule has 0 amide bonds. The summed E-state index contributed by atoms with van der Waals surface area (Å²) in [5.41, 5.74) is 12.5. The molecule has 3 heterocycles. The number of fused-ring (bicyclic) bond motifs is 4. The van der Waals surface area contributed by atoms with Gasteiger partial charge in [0.2, 0.25) is 5.89 Å². The third-order valence-electron chi connectivity index (χ3n) is 8.72. The minimum absolute atomic E-state index is 0.614. The molecule has 0 N–H and O–H groups in total. The molecule has 46 heavy (non-hydrogen) atoms. The average Bonchev–Trinajstić information content (AvgIpc) is 3.72. The molecule has 9 aromatic rings. The first-order valence-corrected chi connectivity index (χ1v) is 15.4. The van der Waals surface area contributed by atoms with Crippen molar-refractivity contribution in [2.45, 2.75) is 0 Å². The van der Waals surface area contributed by atoms with Crippen molar-refractivity contribution in [2.24, 2.45) is 0 Å². The summed E-state index contributed by atoms with van der Waals surface area (Å²) in [6, 6.07) is 55.0. The van der Waals surface area contributed by atoms with Crippen molar-refractivity contribution >= 4 is 32.9 Å². The van der Waals surface area contributed by atoms with Gasteiger partial charge in [0.05, 0.1) is 16.7 Å². The second-order valence-corrected chi connectivity index (χ2v) is 11.5. The van der Waals surface area contributed by atoms with Crippen LogP contribution in [0, 0.1) is 0 Å². The normalized spacial score (nSPS) is 11.5. The number of pyridine rings is 1. The summed E-state index contributed by atoms with van der Waals surface area (Å²) in [5.74, 6) is 0.614. The highest BCUT2D eigenvalue weighted by molar-refractivity contribution is 6.10. The molecule has 4 nitrogen and oxygen atoms in total. The van der Waals surface area contributed by atoms with Crippen molar-refractivity contribution in [1.29, 1.82) is 0 Å². The molecule has 0 saturated carbocycles. The third-order valence-corrected chi connectivity index (χ3v) is 8.72. The van der Waals surface area contributed by atoms with E-state index in [1.807, 2.05) is 48.7 Å². The van der Waals surface area contributed by atoms with Gasteiger partial charge in [-0.15, -0.1) is 0 Å². The lowest BCUT2D eigenvalue weighted by atomic mass is 9.94. The average molecular weight is 590 g/mol. The number of para-hydroxylation sites is 3. The van der Waals surface area contributed by atoms with Gasteiger partial charge in [-0.2, -0.15) is 0 Å². The maximum absolute atomic E-state index is 6.17. The first kappa shape index (κ1) is 26.2. The fourth-order valence-corrected chi connectivity index (χ4v) is 6.51. The third kappa shape index (κ3) is 4.39. The van der Waals surface area contributed by atoms with Crippen molar-refractivity contribution in [2.75, 3.05) is 0 Å². The Hall–Kier alpha value is -6.26. The van der Waals surface area contributed by atoms with Crippen molar-refractivity contribution in [3.63, 3.8) is 0 Å². The summed E-state index contributed by atoms with van der Waals surface area (Å²) in [5, 5.41) is 2.37. The summed E-state index contributed by atoms with van der Waals surface area (Å²) in [4.78, 5) is 9.58. The molecular formula is C42H27N3O. The Morgan fingerprint density at radius 3 is 2.04 bits per heavy atom. The van der Waals surface area contributed by atoms with E-state index in [4.69, 9.17) is 14.4 Å². The van der Waals surface area contributed by atoms with Crippen LogP contribution in [0.5, 0.6) is 0 Å². The van der Waals surface area contributed by atoms with Gasteiger partial charge in [0.1, 0.15) is 5.52 Å². The molecule has 4 heteroatoms. The minimum Gasteiger partial charge on any atom is -0.436 e. The van der Waals surface area contributed by atoms with E-state index in [0.717, 1.165) is 55.8 Å². The molecule has 3 aromatic heterocycles. The maximum Gasteiger partial charge on any atom is 0.227 e. The molecule has 0 bridgehead atoms. The molecule has 0 atom stereocenters. The van der Waals surface area contributed by atoms with Gasteiger partial charge >= 0.3 is 0 Å². The molecule has 0 unspecified atom stereocenters. The van der Waals surface area contributed by atoms with Gasteiger partial charge in [0, 0.05) is 33.8 Å². The fourth-order valence-electron chi connectivity index (χ4n) is 6.51. The number of hydrogen-bond donors (Lipinski definition) is 0. The van der Waals surface area contributed by atoms with E-state index in [0.29, 0.717) is 5.89 Å². The number of nitrogens with zero attached hydrogens (tertiary/aromatic N) is 3. The molecular weight excluding hydrogens is 562 g/mol. The molecule has 0 saturated heterocycles. The molecule has 0 fully saturated rings. The second kappa shape index (κ2) is 10.7. The molecule has 0 aliphatic rings. The number of hydrogen-bond acceptors (Lipinski definition) is 3. The molecule has 9 rings (SSSR count). The summed E-state index contributed by atoms with van der Waals surface area (Å²) in [6.07, 6.45) is 1.86. The number of aromatic nitrogens is 3. The fraction of sp³-hybridized carbons (Fsp3) is 0. The monoisotopic (exact) mass is 589 g/mol. The Balaban J connectivity index is 1.23. The van der Waals surface area contributed by atoms with E-state index in [2.05, 4.69) is 120 Å². The van der Waals surface area contributed by atoms with Crippen LogP contribution in [-0.2, 0) is 0 Å². The smallest absolute Gasteiger partial charge is 0.227 e. The number of rotatable bonds is 5. The summed E-state index contributed by atoms with van der Waals surface area (Å²) in [7, 11) is 0. The van der Waals surface area contributed by atoms with Gasteiger partial charge in [0.25, 0.3) is 0 Å². The van der Waals surface area contributed by atoms with Crippen molar-refractivity contribution in [3.8, 4) is 50.7 Å². The van der Waals surface area contributed by atoms with Gasteiger partial charge in [-0.05, 0) is 76.9 Å². The lowest BCUT2D eigenvalue weighted by Gasteiger charge is -2.15. The van der Waals surface area contributed by atoms with Gasteiger partial charge < -0.3 is 8.98 Å². The SMILES string of the molecule is c1ccc(-c2ccc(-c3ccc(-n4c5ccccc5c5ccc(-c6nc7ccccc7o6)cc54)cc3-c3ccccn3)cc2)cc1. The number of benzene rings is 6. The summed E-state index contributed by atoms with van der Waals surface area (Å²) >= 11 is 0. The van der Waals surface area contributed by atoms with E-state index in [1.165, 1.54) is 21.9 Å². The van der Waals surface area contributed by atoms with E-state index in [-0.39, 0.29) is 0 Å². The first-order chi connectivity index (χ1) is 22.8. The van der Waals surface area contributed by atoms with E-state index in [1.54, 1.807) is 0 Å². The zero-order chi connectivity index (χ0) is 30.5. The molecule has 6 aromatic carbocycles. The molecule has 0 spiro atoms. The predicted molar refractivity (Wildman–Crippen MR) is 188 cm³/mol. The van der Waals surface area contributed by atoms with Crippen molar-refractivity contribution in [3.05, 3.63) is 164 Å². The largest absolute Gasteiger partial charge is 0.436 e. The molecule has 216 valence electrons. The van der Waals surface area contributed by atoms with Crippen LogP contribution in [-0.4, -0.2) is 14.5 Å². The molecule has 0 radical (unpaired) electrons.